The highest BCUT2D eigenvalue weighted by molar-refractivity contribution is 5.81. The van der Waals surface area contributed by atoms with Crippen LogP contribution in [0.25, 0.3) is 78.4 Å². The third-order valence-corrected chi connectivity index (χ3v) is 11.2. The smallest absolute Gasteiger partial charge is 0.160 e. The second-order valence-electron chi connectivity index (χ2n) is 15.1. The van der Waals surface area contributed by atoms with E-state index >= 15 is 0 Å². The first-order valence-corrected chi connectivity index (χ1v) is 20.6. The van der Waals surface area contributed by atoms with Gasteiger partial charge in [-0.25, -0.2) is 9.97 Å². The Morgan fingerprint density at radius 1 is 0.213 bits per heavy atom. The second kappa shape index (κ2) is 17.0. The van der Waals surface area contributed by atoms with Crippen molar-refractivity contribution in [2.24, 2.45) is 0 Å². The summed E-state index contributed by atoms with van der Waals surface area (Å²) in [5.41, 5.74) is 17.6. The van der Waals surface area contributed by atoms with Crippen LogP contribution in [0.4, 0.5) is 17.1 Å². The van der Waals surface area contributed by atoms with Gasteiger partial charge in [0, 0.05) is 33.8 Å². The number of para-hydroxylation sites is 1. The van der Waals surface area contributed by atoms with Crippen molar-refractivity contribution < 1.29 is 0 Å². The van der Waals surface area contributed by atoms with E-state index < -0.39 is 0 Å². The van der Waals surface area contributed by atoms with Crippen molar-refractivity contribution in [3.05, 3.63) is 249 Å². The summed E-state index contributed by atoms with van der Waals surface area (Å²) in [6.07, 6.45) is 0. The predicted octanol–water partition coefficient (Wildman–Crippen LogP) is 15.6. The molecule has 0 unspecified atom stereocenters. The van der Waals surface area contributed by atoms with Gasteiger partial charge in [-0.3, -0.25) is 0 Å². The van der Waals surface area contributed by atoms with Gasteiger partial charge in [-0.05, 0) is 87.0 Å². The van der Waals surface area contributed by atoms with Gasteiger partial charge in [0.2, 0.25) is 0 Å². The maximum Gasteiger partial charge on any atom is 0.160 e. The lowest BCUT2D eigenvalue weighted by molar-refractivity contribution is 1.18. The maximum atomic E-state index is 5.11. The van der Waals surface area contributed by atoms with Crippen LogP contribution in [0.1, 0.15) is 0 Å². The molecule has 0 aliphatic heterocycles. The molecule has 0 fully saturated rings. The van der Waals surface area contributed by atoms with Crippen LogP contribution >= 0.6 is 0 Å². The molecule has 288 valence electrons. The average molecular weight is 780 g/mol. The highest BCUT2D eigenvalue weighted by Gasteiger charge is 2.15. The molecule has 0 N–H and O–H groups in total. The molecule has 0 spiro atoms. The van der Waals surface area contributed by atoms with Crippen molar-refractivity contribution in [2.45, 2.75) is 0 Å². The SMILES string of the molecule is c1ccc(-c2ccc(-c3ccc(N(c4ccccc4)c4ccc(-c5ccc(-c6nc(-c7ccccc7)cc(-c7ccc(-c8ccccc8)cc7)n6)cc5)cc4)cc3)cc2)cc1. The standard InChI is InChI=1S/C58H41N3/c1-5-13-42(14-6-1)44-21-23-46(24-22-44)48-33-37-54(38-34-48)61(53-19-11-4-12-20-53)55-39-35-49(36-40-55)47-27-31-52(32-28-47)58-59-56(50-17-9-3-10-18-50)41-57(60-58)51-29-25-45(26-30-51)43-15-7-2-8-16-43/h1-41H. The van der Waals surface area contributed by atoms with Gasteiger partial charge in [0.25, 0.3) is 0 Å². The Balaban J connectivity index is 0.915. The first kappa shape index (κ1) is 37.2. The molecule has 0 aliphatic carbocycles. The largest absolute Gasteiger partial charge is 0.311 e. The van der Waals surface area contributed by atoms with Crippen molar-refractivity contribution in [2.75, 3.05) is 4.90 Å². The Morgan fingerprint density at radius 2 is 0.459 bits per heavy atom. The lowest BCUT2D eigenvalue weighted by atomic mass is 10.00. The van der Waals surface area contributed by atoms with Gasteiger partial charge in [0.1, 0.15) is 0 Å². The number of anilines is 3. The number of benzene rings is 9. The molecular formula is C58H41N3. The molecule has 0 saturated heterocycles. The molecule has 0 bridgehead atoms. The number of hydrogen-bond acceptors (Lipinski definition) is 3. The van der Waals surface area contributed by atoms with Gasteiger partial charge in [0.05, 0.1) is 11.4 Å². The summed E-state index contributed by atoms with van der Waals surface area (Å²) in [6, 6.07) is 87.6. The lowest BCUT2D eigenvalue weighted by Gasteiger charge is -2.26. The topological polar surface area (TPSA) is 29.0 Å². The van der Waals surface area contributed by atoms with E-state index in [0.29, 0.717) is 5.82 Å². The summed E-state index contributed by atoms with van der Waals surface area (Å²) in [5, 5.41) is 0. The minimum atomic E-state index is 0.694. The molecule has 0 amide bonds. The van der Waals surface area contributed by atoms with E-state index in [-0.39, 0.29) is 0 Å². The molecule has 1 heterocycles. The zero-order valence-corrected chi connectivity index (χ0v) is 33.5. The van der Waals surface area contributed by atoms with Crippen LogP contribution in [0.15, 0.2) is 249 Å². The molecule has 0 radical (unpaired) electrons. The van der Waals surface area contributed by atoms with Crippen LogP contribution in [0.3, 0.4) is 0 Å². The van der Waals surface area contributed by atoms with Crippen LogP contribution in [0, 0.1) is 0 Å². The maximum absolute atomic E-state index is 5.11. The van der Waals surface area contributed by atoms with Crippen molar-refractivity contribution in [1.82, 2.24) is 9.97 Å². The number of rotatable bonds is 10. The van der Waals surface area contributed by atoms with E-state index in [4.69, 9.17) is 9.97 Å². The van der Waals surface area contributed by atoms with Crippen LogP contribution in [0.5, 0.6) is 0 Å². The molecule has 61 heavy (non-hydrogen) atoms. The molecule has 1 aromatic heterocycles. The van der Waals surface area contributed by atoms with E-state index in [1.54, 1.807) is 0 Å². The van der Waals surface area contributed by atoms with Crippen molar-refractivity contribution in [3.8, 4) is 78.4 Å². The number of nitrogens with zero attached hydrogens (tertiary/aromatic N) is 3. The van der Waals surface area contributed by atoms with Gasteiger partial charge in [-0.1, -0.05) is 206 Å². The van der Waals surface area contributed by atoms with Crippen molar-refractivity contribution in [1.29, 1.82) is 0 Å². The minimum absolute atomic E-state index is 0.694. The molecular weight excluding hydrogens is 739 g/mol. The van der Waals surface area contributed by atoms with Crippen LogP contribution in [-0.4, -0.2) is 9.97 Å². The Kier molecular flexibility index (Phi) is 10.3. The second-order valence-corrected chi connectivity index (χ2v) is 15.1. The monoisotopic (exact) mass is 779 g/mol. The Hall–Kier alpha value is -8.14. The first-order chi connectivity index (χ1) is 30.2. The molecule has 9 aromatic carbocycles. The van der Waals surface area contributed by atoms with E-state index in [0.717, 1.165) is 56.3 Å². The molecule has 3 nitrogen and oxygen atoms in total. The average Bonchev–Trinajstić information content (AvgIpc) is 3.36. The zero-order valence-electron chi connectivity index (χ0n) is 33.5. The number of hydrogen-bond donors (Lipinski definition) is 0. The van der Waals surface area contributed by atoms with Gasteiger partial charge in [0.15, 0.2) is 5.82 Å². The summed E-state index contributed by atoms with van der Waals surface area (Å²) in [7, 11) is 0. The molecule has 3 heteroatoms. The number of aromatic nitrogens is 2. The van der Waals surface area contributed by atoms with E-state index in [2.05, 4.69) is 229 Å². The highest BCUT2D eigenvalue weighted by Crippen LogP contribution is 2.37. The summed E-state index contributed by atoms with van der Waals surface area (Å²) >= 11 is 0. The van der Waals surface area contributed by atoms with E-state index in [1.165, 1.54) is 33.4 Å². The normalized spacial score (nSPS) is 11.0. The van der Waals surface area contributed by atoms with E-state index in [9.17, 15) is 0 Å². The molecule has 10 aromatic rings. The quantitative estimate of drug-likeness (QED) is 0.138. The lowest BCUT2D eigenvalue weighted by Crippen LogP contribution is -2.09. The molecule has 10 rings (SSSR count). The minimum Gasteiger partial charge on any atom is -0.311 e. The first-order valence-electron chi connectivity index (χ1n) is 20.6. The van der Waals surface area contributed by atoms with E-state index in [1.807, 2.05) is 24.3 Å². The van der Waals surface area contributed by atoms with Crippen LogP contribution < -0.4 is 4.90 Å². The fourth-order valence-corrected chi connectivity index (χ4v) is 7.87. The Labute approximate surface area is 357 Å². The molecule has 0 saturated carbocycles. The Morgan fingerprint density at radius 3 is 0.836 bits per heavy atom. The fourth-order valence-electron chi connectivity index (χ4n) is 7.87. The van der Waals surface area contributed by atoms with Crippen LogP contribution in [0.2, 0.25) is 0 Å². The third kappa shape index (κ3) is 8.14. The Bertz CT molecular complexity index is 2990. The van der Waals surface area contributed by atoms with Crippen molar-refractivity contribution >= 4 is 17.1 Å². The van der Waals surface area contributed by atoms with Gasteiger partial charge >= 0.3 is 0 Å². The zero-order chi connectivity index (χ0) is 40.8. The van der Waals surface area contributed by atoms with Gasteiger partial charge in [-0.2, -0.15) is 0 Å². The highest BCUT2D eigenvalue weighted by atomic mass is 15.1. The van der Waals surface area contributed by atoms with Crippen molar-refractivity contribution in [3.63, 3.8) is 0 Å². The summed E-state index contributed by atoms with van der Waals surface area (Å²) in [4.78, 5) is 12.5. The molecule has 0 aliphatic rings. The van der Waals surface area contributed by atoms with Crippen LogP contribution in [-0.2, 0) is 0 Å². The summed E-state index contributed by atoms with van der Waals surface area (Å²) in [6.45, 7) is 0. The summed E-state index contributed by atoms with van der Waals surface area (Å²) in [5.74, 6) is 0.694. The third-order valence-electron chi connectivity index (χ3n) is 11.2. The van der Waals surface area contributed by atoms with Gasteiger partial charge in [-0.15, -0.1) is 0 Å². The molecule has 0 atom stereocenters. The fraction of sp³-hybridized carbons (Fsp3) is 0. The van der Waals surface area contributed by atoms with Gasteiger partial charge < -0.3 is 4.90 Å². The summed E-state index contributed by atoms with van der Waals surface area (Å²) < 4.78 is 0. The predicted molar refractivity (Wildman–Crippen MR) is 255 cm³/mol.